The van der Waals surface area contributed by atoms with Crippen molar-refractivity contribution in [2.75, 3.05) is 0 Å². The zero-order valence-electron chi connectivity index (χ0n) is 22.5. The van der Waals surface area contributed by atoms with Crippen molar-refractivity contribution in [3.63, 3.8) is 0 Å². The molecule has 3 aliphatic rings. The quantitative estimate of drug-likeness (QED) is 0.359. The SMILES string of the molecule is N#Cc1ccc(-c2cc(C(=O)N3[C@@H]4CC[C@H]3[C@@H](N)C4)ccc2-c2cc3nnn(CC4(O)CCC4)c3c(F)c2F)cc1F. The van der Waals surface area contributed by atoms with Crippen LogP contribution in [0.5, 0.6) is 0 Å². The van der Waals surface area contributed by atoms with Crippen LogP contribution < -0.4 is 5.73 Å². The molecule has 42 heavy (non-hydrogen) atoms. The molecule has 0 spiro atoms. The average molecular weight is 573 g/mol. The van der Waals surface area contributed by atoms with Gasteiger partial charge in [0.25, 0.3) is 5.91 Å². The van der Waals surface area contributed by atoms with Crippen molar-refractivity contribution in [2.24, 2.45) is 5.73 Å². The van der Waals surface area contributed by atoms with E-state index < -0.39 is 23.1 Å². The summed E-state index contributed by atoms with van der Waals surface area (Å²) >= 11 is 0. The minimum atomic E-state index is -1.17. The molecule has 3 heterocycles. The molecular formula is C31H27F3N6O2. The zero-order valence-corrected chi connectivity index (χ0v) is 22.5. The van der Waals surface area contributed by atoms with Gasteiger partial charge in [0.2, 0.25) is 0 Å². The smallest absolute Gasteiger partial charge is 0.254 e. The van der Waals surface area contributed by atoms with E-state index in [1.54, 1.807) is 18.2 Å². The van der Waals surface area contributed by atoms with Crippen molar-refractivity contribution >= 4 is 16.9 Å². The monoisotopic (exact) mass is 572 g/mol. The zero-order chi connectivity index (χ0) is 29.3. The van der Waals surface area contributed by atoms with Crippen LogP contribution in [-0.4, -0.2) is 54.6 Å². The number of amides is 1. The second kappa shape index (κ2) is 9.64. The van der Waals surface area contributed by atoms with Crippen LogP contribution in [0.4, 0.5) is 13.2 Å². The molecule has 7 rings (SSSR count). The molecule has 214 valence electrons. The van der Waals surface area contributed by atoms with Gasteiger partial charge in [0.1, 0.15) is 22.9 Å². The van der Waals surface area contributed by atoms with Crippen LogP contribution in [0.15, 0.2) is 42.5 Å². The Bertz CT molecular complexity index is 1810. The van der Waals surface area contributed by atoms with Crippen molar-refractivity contribution in [1.29, 1.82) is 5.26 Å². The van der Waals surface area contributed by atoms with Crippen LogP contribution >= 0.6 is 0 Å². The van der Waals surface area contributed by atoms with E-state index in [0.717, 1.165) is 31.7 Å². The van der Waals surface area contributed by atoms with Crippen LogP contribution in [0.2, 0.25) is 0 Å². The maximum Gasteiger partial charge on any atom is 0.254 e. The summed E-state index contributed by atoms with van der Waals surface area (Å²) in [4.78, 5) is 15.5. The number of aromatic nitrogens is 3. The van der Waals surface area contributed by atoms with Gasteiger partial charge in [0.15, 0.2) is 11.6 Å². The van der Waals surface area contributed by atoms with Gasteiger partial charge in [-0.2, -0.15) is 5.26 Å². The third kappa shape index (κ3) is 4.08. The van der Waals surface area contributed by atoms with E-state index in [4.69, 9.17) is 5.73 Å². The molecule has 3 N–H and O–H groups in total. The first kappa shape index (κ1) is 26.6. The lowest BCUT2D eigenvalue weighted by Gasteiger charge is -2.36. The molecule has 2 saturated heterocycles. The molecule has 8 nitrogen and oxygen atoms in total. The molecule has 1 amide bonds. The number of fused-ring (bicyclic) bond motifs is 3. The summed E-state index contributed by atoms with van der Waals surface area (Å²) in [6.07, 6.45) is 4.34. The molecule has 3 aromatic carbocycles. The van der Waals surface area contributed by atoms with E-state index in [9.17, 15) is 19.6 Å². The fourth-order valence-electron chi connectivity index (χ4n) is 6.83. The van der Waals surface area contributed by atoms with Gasteiger partial charge in [-0.1, -0.05) is 17.3 Å². The van der Waals surface area contributed by atoms with Crippen molar-refractivity contribution < 1.29 is 23.1 Å². The number of hydrogen-bond donors (Lipinski definition) is 2. The van der Waals surface area contributed by atoms with Crippen LogP contribution in [0.3, 0.4) is 0 Å². The van der Waals surface area contributed by atoms with Crippen LogP contribution in [-0.2, 0) is 6.54 Å². The number of benzene rings is 3. The number of hydrogen-bond acceptors (Lipinski definition) is 6. The van der Waals surface area contributed by atoms with Gasteiger partial charge in [-0.25, -0.2) is 17.9 Å². The number of carbonyl (C=O) groups is 1. The van der Waals surface area contributed by atoms with Crippen LogP contribution in [0, 0.1) is 28.8 Å². The van der Waals surface area contributed by atoms with Crippen LogP contribution in [0.25, 0.3) is 33.3 Å². The Hall–Kier alpha value is -4.27. The van der Waals surface area contributed by atoms with E-state index >= 15 is 8.78 Å². The molecule has 2 bridgehead atoms. The lowest BCUT2D eigenvalue weighted by Crippen LogP contribution is -2.41. The Labute approximate surface area is 239 Å². The first-order valence-electron chi connectivity index (χ1n) is 14.0. The van der Waals surface area contributed by atoms with Crippen molar-refractivity contribution in [3.8, 4) is 28.3 Å². The van der Waals surface area contributed by atoms with Gasteiger partial charge in [0, 0.05) is 29.3 Å². The highest BCUT2D eigenvalue weighted by Gasteiger charge is 2.47. The minimum Gasteiger partial charge on any atom is -0.388 e. The third-order valence-corrected chi connectivity index (χ3v) is 9.18. The Morgan fingerprint density at radius 1 is 1.07 bits per heavy atom. The predicted molar refractivity (Wildman–Crippen MR) is 147 cm³/mol. The maximum atomic E-state index is 15.8. The highest BCUT2D eigenvalue weighted by atomic mass is 19.2. The van der Waals surface area contributed by atoms with E-state index in [2.05, 4.69) is 10.3 Å². The number of rotatable bonds is 5. The summed E-state index contributed by atoms with van der Waals surface area (Å²) in [6.45, 7) is -0.00602. The minimum absolute atomic E-state index is 0.00602. The van der Waals surface area contributed by atoms with Crippen molar-refractivity contribution in [2.45, 2.75) is 68.8 Å². The highest BCUT2D eigenvalue weighted by molar-refractivity contribution is 5.99. The Kier molecular flexibility index (Phi) is 6.11. The number of halogens is 3. The highest BCUT2D eigenvalue weighted by Crippen LogP contribution is 2.41. The largest absolute Gasteiger partial charge is 0.388 e. The Morgan fingerprint density at radius 3 is 2.52 bits per heavy atom. The summed E-state index contributed by atoms with van der Waals surface area (Å²) in [6, 6.07) is 11.6. The fraction of sp³-hybridized carbons (Fsp3) is 0.355. The summed E-state index contributed by atoms with van der Waals surface area (Å²) in [5.41, 5.74) is 5.93. The van der Waals surface area contributed by atoms with Gasteiger partial charge in [-0.05, 0) is 85.5 Å². The molecule has 1 saturated carbocycles. The molecular weight excluding hydrogens is 545 g/mol. The number of nitriles is 1. The summed E-state index contributed by atoms with van der Waals surface area (Å²) < 4.78 is 47.4. The van der Waals surface area contributed by atoms with Crippen LogP contribution in [0.1, 0.15) is 54.4 Å². The van der Waals surface area contributed by atoms with Crippen molar-refractivity contribution in [3.05, 3.63) is 71.0 Å². The number of carbonyl (C=O) groups excluding carboxylic acids is 1. The molecule has 0 unspecified atom stereocenters. The predicted octanol–water partition coefficient (Wildman–Crippen LogP) is 4.67. The van der Waals surface area contributed by atoms with E-state index in [-0.39, 0.29) is 69.4 Å². The molecule has 11 heteroatoms. The summed E-state index contributed by atoms with van der Waals surface area (Å²) in [5, 5.41) is 27.8. The topological polar surface area (TPSA) is 121 Å². The molecule has 4 aromatic rings. The number of nitrogens with zero attached hydrogens (tertiary/aromatic N) is 5. The van der Waals surface area contributed by atoms with Gasteiger partial charge in [0.05, 0.1) is 17.7 Å². The molecule has 1 aromatic heterocycles. The lowest BCUT2D eigenvalue weighted by molar-refractivity contribution is -0.0493. The maximum absolute atomic E-state index is 15.8. The van der Waals surface area contributed by atoms with E-state index in [1.165, 1.54) is 28.9 Å². The second-order valence-electron chi connectivity index (χ2n) is 11.7. The molecule has 2 aliphatic heterocycles. The molecule has 3 fully saturated rings. The fourth-order valence-corrected chi connectivity index (χ4v) is 6.83. The van der Waals surface area contributed by atoms with Gasteiger partial charge in [-0.3, -0.25) is 4.79 Å². The Morgan fingerprint density at radius 2 is 1.88 bits per heavy atom. The summed E-state index contributed by atoms with van der Waals surface area (Å²) in [7, 11) is 0. The first-order chi connectivity index (χ1) is 20.2. The molecule has 3 atom stereocenters. The molecule has 0 radical (unpaired) electrons. The second-order valence-corrected chi connectivity index (χ2v) is 11.7. The number of aliphatic hydroxyl groups is 1. The number of nitrogens with two attached hydrogens (primary N) is 1. The van der Waals surface area contributed by atoms with E-state index in [0.29, 0.717) is 18.4 Å². The lowest BCUT2D eigenvalue weighted by atomic mass is 9.80. The van der Waals surface area contributed by atoms with Crippen molar-refractivity contribution in [1.82, 2.24) is 19.9 Å². The Balaban J connectivity index is 1.36. The standard InChI is InChI=1S/C31H27F3N6O2/c32-23-11-16(2-3-18(23)14-35)21-10-17(30(41)40-19-5-7-26(40)24(36)12-19)4-6-20(21)22-13-25-29(28(34)27(22)33)39(38-37-25)15-31(42)8-1-9-31/h2-4,6,10-11,13,19,24,26,42H,1,5,7-9,12,15,36H2/t19-,24+,26+/m1/s1. The molecule has 1 aliphatic carbocycles. The van der Waals surface area contributed by atoms with Gasteiger partial charge < -0.3 is 15.7 Å². The van der Waals surface area contributed by atoms with Gasteiger partial charge >= 0.3 is 0 Å². The van der Waals surface area contributed by atoms with Gasteiger partial charge in [-0.15, -0.1) is 5.10 Å². The first-order valence-corrected chi connectivity index (χ1v) is 14.0. The normalized spacial score (nSPS) is 22.4. The van der Waals surface area contributed by atoms with E-state index in [1.807, 2.05) is 4.90 Å². The summed E-state index contributed by atoms with van der Waals surface area (Å²) in [5.74, 6) is -3.34. The average Bonchev–Trinajstić information content (AvgIpc) is 3.66. The third-order valence-electron chi connectivity index (χ3n) is 9.18.